The van der Waals surface area contributed by atoms with Gasteiger partial charge in [0.15, 0.2) is 11.5 Å². The highest BCUT2D eigenvalue weighted by Crippen LogP contribution is 2.23. The van der Waals surface area contributed by atoms with Gasteiger partial charge in [0.2, 0.25) is 0 Å². The number of aryl methyl sites for hydroxylation is 1. The molecule has 5 N–H and O–H groups in total. The van der Waals surface area contributed by atoms with Crippen molar-refractivity contribution in [1.82, 2.24) is 20.5 Å². The van der Waals surface area contributed by atoms with Crippen LogP contribution in [-0.2, 0) is 9.47 Å². The van der Waals surface area contributed by atoms with Crippen molar-refractivity contribution in [2.24, 2.45) is 5.73 Å². The number of carbonyl (C=O) groups is 2. The Morgan fingerprint density at radius 3 is 2.64 bits per heavy atom. The van der Waals surface area contributed by atoms with Gasteiger partial charge in [0.25, 0.3) is 5.91 Å². The highest BCUT2D eigenvalue weighted by atomic mass is 19.1. The summed E-state index contributed by atoms with van der Waals surface area (Å²) in [6.45, 7) is 7.63. The van der Waals surface area contributed by atoms with Gasteiger partial charge in [-0.3, -0.25) is 4.79 Å². The van der Waals surface area contributed by atoms with Crippen molar-refractivity contribution in [3.8, 4) is 0 Å². The first kappa shape index (κ1) is 24.1. The highest BCUT2D eigenvalue weighted by molar-refractivity contribution is 5.97. The average Bonchev–Trinajstić information content (AvgIpc) is 2.71. The summed E-state index contributed by atoms with van der Waals surface area (Å²) < 4.78 is 24.4. The number of carbonyl (C=O) groups excluding carboxylic acids is 2. The Kier molecular flexibility index (Phi) is 7.26. The van der Waals surface area contributed by atoms with Gasteiger partial charge in [0, 0.05) is 12.7 Å². The zero-order valence-corrected chi connectivity index (χ0v) is 18.9. The molecule has 33 heavy (non-hydrogen) atoms. The number of amides is 2. The van der Waals surface area contributed by atoms with Crippen LogP contribution in [0.15, 0.2) is 18.2 Å². The fraction of sp³-hybridized carbons (Fsp3) is 0.476. The molecule has 1 saturated heterocycles. The lowest BCUT2D eigenvalue weighted by atomic mass is 10.0. The van der Waals surface area contributed by atoms with Gasteiger partial charge < -0.3 is 31.2 Å². The molecule has 1 fully saturated rings. The Morgan fingerprint density at radius 2 is 1.97 bits per heavy atom. The Morgan fingerprint density at radius 1 is 1.21 bits per heavy atom. The number of rotatable bonds is 6. The van der Waals surface area contributed by atoms with E-state index in [-0.39, 0.29) is 35.8 Å². The molecular weight excluding hydrogens is 433 g/mol. The summed E-state index contributed by atoms with van der Waals surface area (Å²) in [5.41, 5.74) is 5.14. The number of hydrogen-bond donors (Lipinski definition) is 4. The van der Waals surface area contributed by atoms with E-state index >= 15 is 0 Å². The van der Waals surface area contributed by atoms with Gasteiger partial charge in [-0.1, -0.05) is 0 Å². The zero-order chi connectivity index (χ0) is 24.2. The molecule has 0 aromatic carbocycles. The van der Waals surface area contributed by atoms with Gasteiger partial charge in [-0.05, 0) is 46.2 Å². The lowest BCUT2D eigenvalue weighted by molar-refractivity contribution is 0.0317. The molecule has 1 aliphatic rings. The Labute approximate surface area is 190 Å². The van der Waals surface area contributed by atoms with Crippen LogP contribution in [0.25, 0.3) is 0 Å². The van der Waals surface area contributed by atoms with Crippen LogP contribution >= 0.6 is 0 Å². The minimum absolute atomic E-state index is 0.0975. The van der Waals surface area contributed by atoms with Gasteiger partial charge in [0.05, 0.1) is 30.1 Å². The maximum absolute atomic E-state index is 13.5. The van der Waals surface area contributed by atoms with Crippen molar-refractivity contribution in [2.75, 3.05) is 23.8 Å². The zero-order valence-electron chi connectivity index (χ0n) is 18.9. The second-order valence-electron chi connectivity index (χ2n) is 8.61. The van der Waals surface area contributed by atoms with E-state index in [4.69, 9.17) is 15.2 Å². The average molecular weight is 461 g/mol. The molecule has 11 nitrogen and oxygen atoms in total. The summed E-state index contributed by atoms with van der Waals surface area (Å²) in [4.78, 5) is 28.1. The normalized spacial score (nSPS) is 18.3. The van der Waals surface area contributed by atoms with Crippen LogP contribution in [0, 0.1) is 12.7 Å². The molecule has 0 unspecified atom stereocenters. The third-order valence-electron chi connectivity index (χ3n) is 4.70. The first-order chi connectivity index (χ1) is 15.5. The lowest BCUT2D eigenvalue weighted by Gasteiger charge is -2.33. The van der Waals surface area contributed by atoms with Crippen molar-refractivity contribution in [3.05, 3.63) is 35.4 Å². The minimum Gasteiger partial charge on any atom is -0.444 e. The van der Waals surface area contributed by atoms with Crippen LogP contribution in [0.5, 0.6) is 0 Å². The number of ether oxygens (including phenoxy) is 2. The monoisotopic (exact) mass is 461 g/mol. The van der Waals surface area contributed by atoms with Crippen molar-refractivity contribution < 1.29 is 23.5 Å². The third-order valence-corrected chi connectivity index (χ3v) is 4.70. The number of hydrogen-bond acceptors (Lipinski definition) is 9. The summed E-state index contributed by atoms with van der Waals surface area (Å²) in [6.07, 6.45) is 0.0290. The van der Waals surface area contributed by atoms with Gasteiger partial charge >= 0.3 is 6.09 Å². The second-order valence-corrected chi connectivity index (χ2v) is 8.61. The van der Waals surface area contributed by atoms with Gasteiger partial charge in [-0.2, -0.15) is 0 Å². The molecule has 3 rings (SSSR count). The molecule has 2 amide bonds. The fourth-order valence-electron chi connectivity index (χ4n) is 3.19. The van der Waals surface area contributed by atoms with Gasteiger partial charge in [0.1, 0.15) is 17.2 Å². The molecule has 2 aromatic heterocycles. The number of anilines is 3. The number of alkyl carbamates (subject to hydrolysis) is 1. The van der Waals surface area contributed by atoms with E-state index in [9.17, 15) is 14.0 Å². The predicted molar refractivity (Wildman–Crippen MR) is 119 cm³/mol. The molecule has 0 aliphatic carbocycles. The maximum Gasteiger partial charge on any atom is 0.408 e. The van der Waals surface area contributed by atoms with E-state index in [0.29, 0.717) is 24.7 Å². The third kappa shape index (κ3) is 6.72. The van der Waals surface area contributed by atoms with E-state index < -0.39 is 23.4 Å². The highest BCUT2D eigenvalue weighted by Gasteiger charge is 2.29. The summed E-state index contributed by atoms with van der Waals surface area (Å²) >= 11 is 0. The summed E-state index contributed by atoms with van der Waals surface area (Å²) in [5, 5.41) is 16.9. The van der Waals surface area contributed by atoms with Crippen molar-refractivity contribution >= 4 is 29.3 Å². The van der Waals surface area contributed by atoms with E-state index in [1.807, 2.05) is 0 Å². The number of pyridine rings is 1. The topological polar surface area (TPSA) is 153 Å². The van der Waals surface area contributed by atoms with E-state index in [1.165, 1.54) is 19.1 Å². The van der Waals surface area contributed by atoms with Crippen LogP contribution in [-0.4, -0.2) is 58.1 Å². The number of nitrogens with zero attached hydrogens (tertiary/aromatic N) is 3. The summed E-state index contributed by atoms with van der Waals surface area (Å²) in [5.74, 6) is -0.588. The molecule has 0 saturated carbocycles. The molecule has 12 heteroatoms. The standard InChI is InChI=1S/C21H28FN7O4/c1-11-12(22)5-6-16(24-11)26-14-9-17(28-29-18(14)19(23)30)25-13-7-8-32-10-15(13)27-20(31)33-21(2,3)4/h5-6,9,13,15H,7-8,10H2,1-4H3,(H2,23,30)(H,27,31)(H2,24,25,26,28)/t13-,15+/m1/s1. The molecule has 1 aliphatic heterocycles. The van der Waals surface area contributed by atoms with E-state index in [1.54, 1.807) is 26.8 Å². The molecule has 2 aromatic rings. The first-order valence-electron chi connectivity index (χ1n) is 10.4. The summed E-state index contributed by atoms with van der Waals surface area (Å²) in [6, 6.07) is 3.62. The molecule has 0 radical (unpaired) electrons. The van der Waals surface area contributed by atoms with Crippen LogP contribution in [0.1, 0.15) is 43.4 Å². The van der Waals surface area contributed by atoms with Crippen LogP contribution in [0.4, 0.5) is 26.5 Å². The Balaban J connectivity index is 1.78. The van der Waals surface area contributed by atoms with Crippen LogP contribution in [0.2, 0.25) is 0 Å². The number of primary amides is 1. The largest absolute Gasteiger partial charge is 0.444 e. The number of nitrogens with two attached hydrogens (primary N) is 1. The predicted octanol–water partition coefficient (Wildman–Crippen LogP) is 2.26. The molecule has 0 bridgehead atoms. The lowest BCUT2D eigenvalue weighted by Crippen LogP contribution is -2.53. The van der Waals surface area contributed by atoms with Crippen LogP contribution < -0.4 is 21.7 Å². The van der Waals surface area contributed by atoms with Gasteiger partial charge in [-0.25, -0.2) is 14.2 Å². The molecule has 0 spiro atoms. The fourth-order valence-corrected chi connectivity index (χ4v) is 3.19. The molecule has 3 heterocycles. The second kappa shape index (κ2) is 9.94. The first-order valence-corrected chi connectivity index (χ1v) is 10.4. The van der Waals surface area contributed by atoms with Crippen molar-refractivity contribution in [1.29, 1.82) is 0 Å². The molecule has 178 valence electrons. The number of aromatic nitrogens is 3. The number of halogens is 1. The Bertz CT molecular complexity index is 1030. The molecule has 2 atom stereocenters. The smallest absolute Gasteiger partial charge is 0.408 e. The maximum atomic E-state index is 13.5. The van der Waals surface area contributed by atoms with Gasteiger partial charge in [-0.15, -0.1) is 10.2 Å². The summed E-state index contributed by atoms with van der Waals surface area (Å²) in [7, 11) is 0. The SMILES string of the molecule is Cc1nc(Nc2cc(N[C@@H]3CCOC[C@@H]3NC(=O)OC(C)(C)C)nnc2C(N)=O)ccc1F. The Hall–Kier alpha value is -3.54. The molecular formula is C21H28FN7O4. The van der Waals surface area contributed by atoms with E-state index in [2.05, 4.69) is 31.1 Å². The van der Waals surface area contributed by atoms with E-state index in [0.717, 1.165) is 0 Å². The van der Waals surface area contributed by atoms with Crippen LogP contribution in [0.3, 0.4) is 0 Å². The quantitative estimate of drug-likeness (QED) is 0.507. The minimum atomic E-state index is -0.786. The number of nitrogens with one attached hydrogen (secondary N) is 3. The van der Waals surface area contributed by atoms with Crippen molar-refractivity contribution in [2.45, 2.75) is 51.8 Å². The van der Waals surface area contributed by atoms with Crippen molar-refractivity contribution in [3.63, 3.8) is 0 Å².